The van der Waals surface area contributed by atoms with E-state index in [1.807, 2.05) is 6.07 Å². The van der Waals surface area contributed by atoms with E-state index in [0.29, 0.717) is 18.8 Å². The normalized spacial score (nSPS) is 27.8. The van der Waals surface area contributed by atoms with Crippen LogP contribution >= 0.6 is 0 Å². The van der Waals surface area contributed by atoms with Gasteiger partial charge in [0.2, 0.25) is 0 Å². The summed E-state index contributed by atoms with van der Waals surface area (Å²) in [6.45, 7) is 0.528. The van der Waals surface area contributed by atoms with Crippen molar-refractivity contribution in [2.45, 2.75) is 44.4 Å². The van der Waals surface area contributed by atoms with E-state index in [1.54, 1.807) is 6.20 Å². The van der Waals surface area contributed by atoms with E-state index >= 15 is 0 Å². The molecule has 4 heteroatoms. The molecule has 1 aromatic heterocycles. The number of nitrogens with zero attached hydrogens (tertiary/aromatic N) is 1. The third kappa shape index (κ3) is 2.56. The third-order valence-corrected chi connectivity index (χ3v) is 2.67. The van der Waals surface area contributed by atoms with Crippen LogP contribution < -0.4 is 5.73 Å². The van der Waals surface area contributed by atoms with Gasteiger partial charge in [-0.05, 0) is 25.7 Å². The Balaban J connectivity index is 1.71. The van der Waals surface area contributed by atoms with E-state index < -0.39 is 0 Å². The summed E-state index contributed by atoms with van der Waals surface area (Å²) >= 11 is 0. The van der Waals surface area contributed by atoms with Crippen LogP contribution in [0.1, 0.15) is 31.4 Å². The Kier molecular flexibility index (Phi) is 3.16. The summed E-state index contributed by atoms with van der Waals surface area (Å²) in [5, 5.41) is 3.62. The highest BCUT2D eigenvalue weighted by Crippen LogP contribution is 2.20. The highest BCUT2D eigenvalue weighted by molar-refractivity contribution is 4.90. The van der Waals surface area contributed by atoms with Gasteiger partial charge < -0.3 is 15.0 Å². The van der Waals surface area contributed by atoms with E-state index in [9.17, 15) is 0 Å². The number of ether oxygens (including phenoxy) is 1. The maximum atomic E-state index is 5.80. The lowest BCUT2D eigenvalue weighted by Gasteiger charge is -2.25. The van der Waals surface area contributed by atoms with Gasteiger partial charge in [-0.3, -0.25) is 0 Å². The molecule has 0 saturated heterocycles. The topological polar surface area (TPSA) is 61.3 Å². The number of hydrogen-bond acceptors (Lipinski definition) is 4. The van der Waals surface area contributed by atoms with Crippen LogP contribution in [0.3, 0.4) is 0 Å². The maximum Gasteiger partial charge on any atom is 0.162 e. The zero-order chi connectivity index (χ0) is 9.80. The average molecular weight is 196 g/mol. The van der Waals surface area contributed by atoms with Crippen LogP contribution in [-0.2, 0) is 11.3 Å². The van der Waals surface area contributed by atoms with Crippen LogP contribution in [0.5, 0.6) is 0 Å². The molecule has 1 aromatic rings. The highest BCUT2D eigenvalue weighted by Gasteiger charge is 2.19. The molecule has 0 aromatic carbocycles. The second-order valence-electron chi connectivity index (χ2n) is 3.83. The maximum absolute atomic E-state index is 5.80. The average Bonchev–Trinajstić information content (AvgIpc) is 2.70. The van der Waals surface area contributed by atoms with Gasteiger partial charge in [-0.25, -0.2) is 0 Å². The lowest BCUT2D eigenvalue weighted by atomic mass is 9.94. The Labute approximate surface area is 83.4 Å². The second kappa shape index (κ2) is 4.57. The minimum atomic E-state index is 0.347. The van der Waals surface area contributed by atoms with Crippen molar-refractivity contribution in [3.8, 4) is 0 Å². The SMILES string of the molecule is NC1CCC(OCc2ccno2)CC1. The van der Waals surface area contributed by atoms with E-state index in [1.165, 1.54) is 0 Å². The summed E-state index contributed by atoms with van der Waals surface area (Å²) in [6, 6.07) is 2.20. The summed E-state index contributed by atoms with van der Waals surface area (Å²) < 4.78 is 10.6. The first-order valence-corrected chi connectivity index (χ1v) is 5.11. The van der Waals surface area contributed by atoms with Gasteiger partial charge in [0.05, 0.1) is 12.3 Å². The molecule has 2 N–H and O–H groups in total. The van der Waals surface area contributed by atoms with E-state index in [2.05, 4.69) is 5.16 Å². The Bertz CT molecular complexity index is 253. The third-order valence-electron chi connectivity index (χ3n) is 2.67. The zero-order valence-corrected chi connectivity index (χ0v) is 8.19. The molecular formula is C10H16N2O2. The number of rotatable bonds is 3. The molecule has 4 nitrogen and oxygen atoms in total. The lowest BCUT2D eigenvalue weighted by molar-refractivity contribution is 0.00394. The number of aromatic nitrogens is 1. The minimum absolute atomic E-state index is 0.347. The van der Waals surface area contributed by atoms with Crippen LogP contribution in [-0.4, -0.2) is 17.3 Å². The van der Waals surface area contributed by atoms with Crippen molar-refractivity contribution < 1.29 is 9.26 Å². The minimum Gasteiger partial charge on any atom is -0.370 e. The molecule has 0 atom stereocenters. The summed E-state index contributed by atoms with van der Waals surface area (Å²) in [4.78, 5) is 0. The smallest absolute Gasteiger partial charge is 0.162 e. The quantitative estimate of drug-likeness (QED) is 0.795. The Morgan fingerprint density at radius 3 is 2.86 bits per heavy atom. The Hall–Kier alpha value is -0.870. The molecule has 0 bridgehead atoms. The monoisotopic (exact) mass is 196 g/mol. The summed E-state index contributed by atoms with van der Waals surface area (Å²) in [5.41, 5.74) is 5.80. The van der Waals surface area contributed by atoms with Gasteiger partial charge in [0.1, 0.15) is 6.61 Å². The van der Waals surface area contributed by atoms with Gasteiger partial charge in [-0.1, -0.05) is 5.16 Å². The van der Waals surface area contributed by atoms with Crippen LogP contribution in [0.2, 0.25) is 0 Å². The summed E-state index contributed by atoms with van der Waals surface area (Å²) in [5.74, 6) is 0.792. The van der Waals surface area contributed by atoms with Crippen molar-refractivity contribution in [3.05, 3.63) is 18.0 Å². The molecule has 0 spiro atoms. The molecule has 0 aliphatic heterocycles. The van der Waals surface area contributed by atoms with Gasteiger partial charge in [0.25, 0.3) is 0 Å². The fraction of sp³-hybridized carbons (Fsp3) is 0.700. The van der Waals surface area contributed by atoms with E-state index in [-0.39, 0.29) is 0 Å². The molecule has 0 unspecified atom stereocenters. The molecule has 1 heterocycles. The molecule has 2 rings (SSSR count). The number of hydrogen-bond donors (Lipinski definition) is 1. The van der Waals surface area contributed by atoms with Gasteiger partial charge in [-0.2, -0.15) is 0 Å². The van der Waals surface area contributed by atoms with Crippen LogP contribution in [0.4, 0.5) is 0 Å². The fourth-order valence-corrected chi connectivity index (χ4v) is 1.77. The Morgan fingerprint density at radius 2 is 2.21 bits per heavy atom. The lowest BCUT2D eigenvalue weighted by Crippen LogP contribution is -2.30. The van der Waals surface area contributed by atoms with E-state index in [0.717, 1.165) is 31.4 Å². The van der Waals surface area contributed by atoms with Crippen LogP contribution in [0.15, 0.2) is 16.8 Å². The molecule has 1 aliphatic carbocycles. The molecule has 1 saturated carbocycles. The zero-order valence-electron chi connectivity index (χ0n) is 8.19. The molecule has 14 heavy (non-hydrogen) atoms. The molecular weight excluding hydrogens is 180 g/mol. The van der Waals surface area contributed by atoms with Crippen LogP contribution in [0, 0.1) is 0 Å². The summed E-state index contributed by atoms with van der Waals surface area (Å²) in [7, 11) is 0. The molecule has 0 amide bonds. The molecule has 1 aliphatic rings. The first kappa shape index (κ1) is 9.68. The molecule has 78 valence electrons. The van der Waals surface area contributed by atoms with Crippen molar-refractivity contribution in [1.82, 2.24) is 5.16 Å². The van der Waals surface area contributed by atoms with Crippen molar-refractivity contribution in [3.63, 3.8) is 0 Å². The first-order valence-electron chi connectivity index (χ1n) is 5.11. The largest absolute Gasteiger partial charge is 0.370 e. The van der Waals surface area contributed by atoms with Gasteiger partial charge >= 0.3 is 0 Å². The predicted molar refractivity (Wildman–Crippen MR) is 51.5 cm³/mol. The second-order valence-corrected chi connectivity index (χ2v) is 3.83. The van der Waals surface area contributed by atoms with E-state index in [4.69, 9.17) is 15.0 Å². The van der Waals surface area contributed by atoms with Crippen molar-refractivity contribution in [2.24, 2.45) is 5.73 Å². The van der Waals surface area contributed by atoms with Gasteiger partial charge in [0.15, 0.2) is 5.76 Å². The van der Waals surface area contributed by atoms with Crippen molar-refractivity contribution in [2.75, 3.05) is 0 Å². The van der Waals surface area contributed by atoms with Crippen LogP contribution in [0.25, 0.3) is 0 Å². The fourth-order valence-electron chi connectivity index (χ4n) is 1.77. The van der Waals surface area contributed by atoms with Gasteiger partial charge in [0, 0.05) is 12.1 Å². The number of nitrogens with two attached hydrogens (primary N) is 1. The highest BCUT2D eigenvalue weighted by atomic mass is 16.5. The van der Waals surface area contributed by atoms with Crippen molar-refractivity contribution in [1.29, 1.82) is 0 Å². The summed E-state index contributed by atoms with van der Waals surface area (Å²) in [6.07, 6.45) is 6.25. The Morgan fingerprint density at radius 1 is 1.43 bits per heavy atom. The predicted octanol–water partition coefficient (Wildman–Crippen LogP) is 1.46. The van der Waals surface area contributed by atoms with Crippen molar-refractivity contribution >= 4 is 0 Å². The molecule has 0 radical (unpaired) electrons. The first-order chi connectivity index (χ1) is 6.84. The standard InChI is InChI=1S/C10H16N2O2/c11-8-1-3-9(4-2-8)13-7-10-5-6-12-14-10/h5-6,8-9H,1-4,7,11H2. The van der Waals surface area contributed by atoms with Gasteiger partial charge in [-0.15, -0.1) is 0 Å². The molecule has 1 fully saturated rings.